The van der Waals surface area contributed by atoms with E-state index in [1.807, 2.05) is 6.92 Å². The van der Waals surface area contributed by atoms with E-state index in [2.05, 4.69) is 10.6 Å². The standard InChI is InChI=1S/C17H25FN2O3/c1-2-13(23-15-8-4-3-7-14(15)18)11-19-16(22)20-17(12-21)9-5-6-10-17/h3-4,7-8,13,21H,2,5-6,9-12H2,1H3,(H2,19,20,22). The summed E-state index contributed by atoms with van der Waals surface area (Å²) >= 11 is 0. The van der Waals surface area contributed by atoms with Gasteiger partial charge in [0.1, 0.15) is 6.10 Å². The normalized spacial score (nSPS) is 17.5. The average Bonchev–Trinajstić information content (AvgIpc) is 3.02. The fraction of sp³-hybridized carbons (Fsp3) is 0.588. The monoisotopic (exact) mass is 324 g/mol. The largest absolute Gasteiger partial charge is 0.486 e. The molecule has 2 amide bonds. The van der Waals surface area contributed by atoms with E-state index in [1.54, 1.807) is 18.2 Å². The molecule has 0 saturated heterocycles. The smallest absolute Gasteiger partial charge is 0.315 e. The van der Waals surface area contributed by atoms with Gasteiger partial charge in [-0.3, -0.25) is 0 Å². The molecule has 2 rings (SSSR count). The molecule has 0 aliphatic heterocycles. The zero-order chi connectivity index (χ0) is 16.7. The number of hydrogen-bond donors (Lipinski definition) is 3. The fourth-order valence-corrected chi connectivity index (χ4v) is 2.86. The first kappa shape index (κ1) is 17.5. The quantitative estimate of drug-likeness (QED) is 0.722. The molecule has 23 heavy (non-hydrogen) atoms. The third-order valence-corrected chi connectivity index (χ3v) is 4.32. The van der Waals surface area contributed by atoms with Gasteiger partial charge in [0.2, 0.25) is 0 Å². The molecule has 1 aromatic carbocycles. The molecule has 1 unspecified atom stereocenters. The van der Waals surface area contributed by atoms with Crippen molar-refractivity contribution < 1.29 is 19.0 Å². The number of aliphatic hydroxyl groups is 1. The summed E-state index contributed by atoms with van der Waals surface area (Å²) in [6.07, 6.45) is 3.93. The number of hydrogen-bond acceptors (Lipinski definition) is 3. The van der Waals surface area contributed by atoms with Gasteiger partial charge in [0.25, 0.3) is 0 Å². The Morgan fingerprint density at radius 1 is 1.39 bits per heavy atom. The Balaban J connectivity index is 1.83. The van der Waals surface area contributed by atoms with Crippen LogP contribution in [0, 0.1) is 5.82 Å². The lowest BCUT2D eigenvalue weighted by molar-refractivity contribution is 0.156. The highest BCUT2D eigenvalue weighted by molar-refractivity contribution is 5.74. The highest BCUT2D eigenvalue weighted by Gasteiger charge is 2.34. The Labute approximate surface area is 136 Å². The summed E-state index contributed by atoms with van der Waals surface area (Å²) in [5, 5.41) is 15.1. The van der Waals surface area contributed by atoms with Gasteiger partial charge in [0, 0.05) is 0 Å². The molecule has 5 nitrogen and oxygen atoms in total. The maximum Gasteiger partial charge on any atom is 0.315 e. The van der Waals surface area contributed by atoms with E-state index in [0.29, 0.717) is 6.42 Å². The summed E-state index contributed by atoms with van der Waals surface area (Å²) in [6.45, 7) is 2.14. The van der Waals surface area contributed by atoms with Crippen LogP contribution in [0.1, 0.15) is 39.0 Å². The summed E-state index contributed by atoms with van der Waals surface area (Å²) in [7, 11) is 0. The number of carbonyl (C=O) groups is 1. The van der Waals surface area contributed by atoms with Gasteiger partial charge in [0.15, 0.2) is 11.6 Å². The second kappa shape index (κ2) is 8.15. The van der Waals surface area contributed by atoms with Crippen LogP contribution >= 0.6 is 0 Å². The number of carbonyl (C=O) groups excluding carboxylic acids is 1. The fourth-order valence-electron chi connectivity index (χ4n) is 2.86. The molecular formula is C17H25FN2O3. The van der Waals surface area contributed by atoms with Crippen LogP contribution in [-0.2, 0) is 0 Å². The second-order valence-corrected chi connectivity index (χ2v) is 6.06. The lowest BCUT2D eigenvalue weighted by atomic mass is 9.99. The summed E-state index contributed by atoms with van der Waals surface area (Å²) in [6, 6.07) is 5.89. The molecule has 1 aliphatic rings. The Morgan fingerprint density at radius 2 is 2.09 bits per heavy atom. The van der Waals surface area contributed by atoms with Crippen LogP contribution in [0.3, 0.4) is 0 Å². The molecule has 6 heteroatoms. The van der Waals surface area contributed by atoms with Crippen molar-refractivity contribution in [1.82, 2.24) is 10.6 Å². The Hall–Kier alpha value is -1.82. The van der Waals surface area contributed by atoms with E-state index in [-0.39, 0.29) is 31.0 Å². The number of aliphatic hydroxyl groups excluding tert-OH is 1. The highest BCUT2D eigenvalue weighted by atomic mass is 19.1. The Morgan fingerprint density at radius 3 is 2.70 bits per heavy atom. The van der Waals surface area contributed by atoms with Crippen molar-refractivity contribution in [1.29, 1.82) is 0 Å². The number of rotatable bonds is 7. The van der Waals surface area contributed by atoms with Crippen molar-refractivity contribution in [2.24, 2.45) is 0 Å². The van der Waals surface area contributed by atoms with Crippen LogP contribution < -0.4 is 15.4 Å². The van der Waals surface area contributed by atoms with Crippen molar-refractivity contribution >= 4 is 6.03 Å². The molecular weight excluding hydrogens is 299 g/mol. The van der Waals surface area contributed by atoms with Gasteiger partial charge in [0.05, 0.1) is 18.7 Å². The van der Waals surface area contributed by atoms with E-state index >= 15 is 0 Å². The van der Waals surface area contributed by atoms with Gasteiger partial charge in [-0.15, -0.1) is 0 Å². The second-order valence-electron chi connectivity index (χ2n) is 6.06. The predicted octanol–water partition coefficient (Wildman–Crippen LogP) is 2.59. The molecule has 0 heterocycles. The zero-order valence-electron chi connectivity index (χ0n) is 13.5. The Bertz CT molecular complexity index is 518. The van der Waals surface area contributed by atoms with Crippen LogP contribution in [0.4, 0.5) is 9.18 Å². The third kappa shape index (κ3) is 4.82. The van der Waals surface area contributed by atoms with Crippen molar-refractivity contribution in [3.8, 4) is 5.75 Å². The first-order valence-corrected chi connectivity index (χ1v) is 8.16. The summed E-state index contributed by atoms with van der Waals surface area (Å²) in [5.41, 5.74) is -0.502. The SMILES string of the molecule is CCC(CNC(=O)NC1(CO)CCCC1)Oc1ccccc1F. The van der Waals surface area contributed by atoms with Crippen LogP contribution in [0.15, 0.2) is 24.3 Å². The van der Waals surface area contributed by atoms with Gasteiger partial charge in [-0.25, -0.2) is 9.18 Å². The van der Waals surface area contributed by atoms with Gasteiger partial charge in [-0.05, 0) is 31.4 Å². The molecule has 0 aromatic heterocycles. The summed E-state index contributed by atoms with van der Waals surface area (Å²) in [5.74, 6) is -0.232. The molecule has 0 radical (unpaired) electrons. The van der Waals surface area contributed by atoms with Gasteiger partial charge >= 0.3 is 6.03 Å². The third-order valence-electron chi connectivity index (χ3n) is 4.32. The molecule has 1 aliphatic carbocycles. The first-order chi connectivity index (χ1) is 11.1. The van der Waals surface area contributed by atoms with Gasteiger partial charge in [-0.2, -0.15) is 0 Å². The Kier molecular flexibility index (Phi) is 6.21. The molecule has 3 N–H and O–H groups in total. The van der Waals surface area contributed by atoms with Crippen molar-refractivity contribution in [2.45, 2.75) is 50.7 Å². The number of urea groups is 1. The van der Waals surface area contributed by atoms with Crippen LogP contribution in [-0.4, -0.2) is 35.9 Å². The van der Waals surface area contributed by atoms with E-state index in [1.165, 1.54) is 6.07 Å². The maximum absolute atomic E-state index is 13.6. The number of para-hydroxylation sites is 1. The molecule has 0 bridgehead atoms. The topological polar surface area (TPSA) is 70.6 Å². The number of nitrogens with one attached hydrogen (secondary N) is 2. The molecule has 1 atom stereocenters. The maximum atomic E-state index is 13.6. The van der Waals surface area contributed by atoms with Gasteiger partial charge in [-0.1, -0.05) is 31.9 Å². The number of benzene rings is 1. The molecule has 128 valence electrons. The van der Waals surface area contributed by atoms with Crippen LogP contribution in [0.5, 0.6) is 5.75 Å². The van der Waals surface area contributed by atoms with Crippen LogP contribution in [0.25, 0.3) is 0 Å². The van der Waals surface area contributed by atoms with Crippen molar-refractivity contribution in [2.75, 3.05) is 13.2 Å². The van der Waals surface area contributed by atoms with E-state index in [4.69, 9.17) is 4.74 Å². The van der Waals surface area contributed by atoms with Gasteiger partial charge < -0.3 is 20.5 Å². The van der Waals surface area contributed by atoms with Crippen LogP contribution in [0.2, 0.25) is 0 Å². The zero-order valence-corrected chi connectivity index (χ0v) is 13.5. The minimum Gasteiger partial charge on any atom is -0.486 e. The lowest BCUT2D eigenvalue weighted by Crippen LogP contribution is -2.54. The molecule has 1 saturated carbocycles. The number of halogens is 1. The average molecular weight is 324 g/mol. The number of amides is 2. The number of ether oxygens (including phenoxy) is 1. The van der Waals surface area contributed by atoms with E-state index in [9.17, 15) is 14.3 Å². The summed E-state index contributed by atoms with van der Waals surface area (Å²) < 4.78 is 19.2. The van der Waals surface area contributed by atoms with E-state index < -0.39 is 11.4 Å². The molecule has 0 spiro atoms. The minimum atomic E-state index is -0.502. The lowest BCUT2D eigenvalue weighted by Gasteiger charge is -2.28. The van der Waals surface area contributed by atoms with Crippen molar-refractivity contribution in [3.05, 3.63) is 30.1 Å². The van der Waals surface area contributed by atoms with Crippen molar-refractivity contribution in [3.63, 3.8) is 0 Å². The first-order valence-electron chi connectivity index (χ1n) is 8.16. The predicted molar refractivity (Wildman–Crippen MR) is 85.9 cm³/mol. The summed E-state index contributed by atoms with van der Waals surface area (Å²) in [4.78, 5) is 12.0. The molecule has 1 aromatic rings. The minimum absolute atomic E-state index is 0.0522. The molecule has 1 fully saturated rings. The highest BCUT2D eigenvalue weighted by Crippen LogP contribution is 2.28. The van der Waals surface area contributed by atoms with E-state index in [0.717, 1.165) is 25.7 Å².